The van der Waals surface area contributed by atoms with Crippen molar-refractivity contribution >= 4 is 33.4 Å². The van der Waals surface area contributed by atoms with E-state index < -0.39 is 5.91 Å². The zero-order valence-electron chi connectivity index (χ0n) is 15.7. The van der Waals surface area contributed by atoms with Crippen molar-refractivity contribution in [2.24, 2.45) is 0 Å². The number of methoxy groups -OCH3 is 1. The Morgan fingerprint density at radius 3 is 2.61 bits per heavy atom. The Balaban J connectivity index is 1.67. The SMILES string of the molecule is CCCC1Nc2ccc(Br)cc2C(=O)N1NC(=O)COc1ccc(OC)cc1. The molecule has 0 saturated carbocycles. The number of halogens is 1. The maximum Gasteiger partial charge on any atom is 0.276 e. The summed E-state index contributed by atoms with van der Waals surface area (Å²) >= 11 is 3.38. The van der Waals surface area contributed by atoms with Gasteiger partial charge in [-0.1, -0.05) is 29.3 Å². The number of carbonyl (C=O) groups is 2. The summed E-state index contributed by atoms with van der Waals surface area (Å²) in [6.07, 6.45) is 1.22. The lowest BCUT2D eigenvalue weighted by Crippen LogP contribution is -2.58. The zero-order valence-corrected chi connectivity index (χ0v) is 17.3. The molecule has 0 aliphatic carbocycles. The predicted molar refractivity (Wildman–Crippen MR) is 109 cm³/mol. The molecule has 1 atom stereocenters. The molecule has 3 rings (SSSR count). The summed E-state index contributed by atoms with van der Waals surface area (Å²) in [6, 6.07) is 12.4. The molecule has 1 aliphatic rings. The van der Waals surface area contributed by atoms with Gasteiger partial charge in [-0.05, 0) is 48.9 Å². The van der Waals surface area contributed by atoms with Crippen molar-refractivity contribution in [3.63, 3.8) is 0 Å². The Morgan fingerprint density at radius 2 is 1.93 bits per heavy atom. The number of nitrogens with one attached hydrogen (secondary N) is 2. The summed E-state index contributed by atoms with van der Waals surface area (Å²) in [4.78, 5) is 25.3. The normalized spacial score (nSPS) is 15.5. The van der Waals surface area contributed by atoms with E-state index in [9.17, 15) is 9.59 Å². The Kier molecular flexibility index (Phi) is 6.41. The molecule has 28 heavy (non-hydrogen) atoms. The molecule has 1 heterocycles. The molecule has 8 heteroatoms. The van der Waals surface area contributed by atoms with Crippen LogP contribution in [0.25, 0.3) is 0 Å². The van der Waals surface area contributed by atoms with E-state index in [0.29, 0.717) is 23.5 Å². The van der Waals surface area contributed by atoms with Crippen LogP contribution in [0.1, 0.15) is 30.1 Å². The molecule has 0 aromatic heterocycles. The average molecular weight is 448 g/mol. The summed E-state index contributed by atoms with van der Waals surface area (Å²) in [5.41, 5.74) is 3.93. The molecule has 1 aliphatic heterocycles. The first-order valence-corrected chi connectivity index (χ1v) is 9.77. The minimum atomic E-state index is -0.412. The molecule has 7 nitrogen and oxygen atoms in total. The molecule has 2 N–H and O–H groups in total. The van der Waals surface area contributed by atoms with Crippen molar-refractivity contribution in [3.05, 3.63) is 52.5 Å². The highest BCUT2D eigenvalue weighted by molar-refractivity contribution is 9.10. The van der Waals surface area contributed by atoms with Gasteiger partial charge in [0.25, 0.3) is 11.8 Å². The number of ether oxygens (including phenoxy) is 2. The second-order valence-electron chi connectivity index (χ2n) is 6.31. The number of benzene rings is 2. The number of hydrogen-bond acceptors (Lipinski definition) is 5. The van der Waals surface area contributed by atoms with Crippen molar-refractivity contribution in [1.82, 2.24) is 10.4 Å². The fourth-order valence-corrected chi connectivity index (χ4v) is 3.29. The number of anilines is 1. The molecule has 148 valence electrons. The van der Waals surface area contributed by atoms with Crippen molar-refractivity contribution in [3.8, 4) is 11.5 Å². The van der Waals surface area contributed by atoms with E-state index in [1.54, 1.807) is 37.4 Å². The first-order chi connectivity index (χ1) is 13.5. The highest BCUT2D eigenvalue weighted by atomic mass is 79.9. The van der Waals surface area contributed by atoms with E-state index in [4.69, 9.17) is 9.47 Å². The van der Waals surface area contributed by atoms with Crippen LogP contribution < -0.4 is 20.2 Å². The summed E-state index contributed by atoms with van der Waals surface area (Å²) < 4.78 is 11.4. The van der Waals surface area contributed by atoms with Gasteiger partial charge in [0.15, 0.2) is 6.61 Å². The van der Waals surface area contributed by atoms with Crippen LogP contribution in [0.4, 0.5) is 5.69 Å². The minimum Gasteiger partial charge on any atom is -0.497 e. The van der Waals surface area contributed by atoms with Crippen LogP contribution in [0.2, 0.25) is 0 Å². The number of rotatable bonds is 7. The second kappa shape index (κ2) is 8.97. The first-order valence-electron chi connectivity index (χ1n) is 8.97. The van der Waals surface area contributed by atoms with E-state index >= 15 is 0 Å². The van der Waals surface area contributed by atoms with Gasteiger partial charge >= 0.3 is 0 Å². The third-order valence-corrected chi connectivity index (χ3v) is 4.79. The average Bonchev–Trinajstić information content (AvgIpc) is 2.70. The third-order valence-electron chi connectivity index (χ3n) is 4.30. The molecule has 2 aromatic carbocycles. The summed E-state index contributed by atoms with van der Waals surface area (Å²) in [5, 5.41) is 4.66. The first kappa shape index (κ1) is 20.0. The molecule has 0 radical (unpaired) electrons. The van der Waals surface area contributed by atoms with Crippen molar-refractivity contribution in [1.29, 1.82) is 0 Å². The molecule has 1 unspecified atom stereocenters. The van der Waals surface area contributed by atoms with E-state index in [2.05, 4.69) is 26.7 Å². The Morgan fingerprint density at radius 1 is 1.21 bits per heavy atom. The Labute approximate surface area is 172 Å². The van der Waals surface area contributed by atoms with Gasteiger partial charge in [-0.15, -0.1) is 0 Å². The van der Waals surface area contributed by atoms with E-state index in [1.165, 1.54) is 5.01 Å². The topological polar surface area (TPSA) is 79.9 Å². The second-order valence-corrected chi connectivity index (χ2v) is 7.23. The lowest BCUT2D eigenvalue weighted by Gasteiger charge is -2.37. The van der Waals surface area contributed by atoms with Crippen LogP contribution in [0.15, 0.2) is 46.9 Å². The Bertz CT molecular complexity index is 857. The third kappa shape index (κ3) is 4.56. The molecule has 2 aromatic rings. The number of hydrogen-bond donors (Lipinski definition) is 2. The van der Waals surface area contributed by atoms with Gasteiger partial charge in [-0.2, -0.15) is 0 Å². The van der Waals surface area contributed by atoms with Gasteiger partial charge in [0.2, 0.25) is 0 Å². The van der Waals surface area contributed by atoms with Crippen molar-refractivity contribution in [2.75, 3.05) is 19.0 Å². The number of hydrazine groups is 1. The molecular formula is C20H22BrN3O4. The van der Waals surface area contributed by atoms with Gasteiger partial charge in [0.05, 0.1) is 12.7 Å². The highest BCUT2D eigenvalue weighted by Gasteiger charge is 2.33. The molecule has 0 bridgehead atoms. The van der Waals surface area contributed by atoms with Crippen LogP contribution in [-0.2, 0) is 4.79 Å². The smallest absolute Gasteiger partial charge is 0.276 e. The summed E-state index contributed by atoms with van der Waals surface area (Å²) in [5.74, 6) is 0.573. The van der Waals surface area contributed by atoms with Gasteiger partial charge < -0.3 is 14.8 Å². The zero-order chi connectivity index (χ0) is 20.1. The number of nitrogens with zero attached hydrogens (tertiary/aromatic N) is 1. The largest absolute Gasteiger partial charge is 0.497 e. The van der Waals surface area contributed by atoms with Gasteiger partial charge in [0.1, 0.15) is 17.7 Å². The maximum absolute atomic E-state index is 12.9. The summed E-state index contributed by atoms with van der Waals surface area (Å²) in [7, 11) is 1.58. The number of carbonyl (C=O) groups excluding carboxylic acids is 2. The van der Waals surface area contributed by atoms with Crippen LogP contribution in [0.5, 0.6) is 11.5 Å². The molecule has 0 fully saturated rings. The van der Waals surface area contributed by atoms with Crippen molar-refractivity contribution in [2.45, 2.75) is 25.9 Å². The fraction of sp³-hybridized carbons (Fsp3) is 0.300. The minimum absolute atomic E-state index is 0.208. The Hall–Kier alpha value is -2.74. The molecule has 0 saturated heterocycles. The van der Waals surface area contributed by atoms with E-state index in [-0.39, 0.29) is 18.7 Å². The molecule has 0 spiro atoms. The van der Waals surface area contributed by atoms with Crippen LogP contribution >= 0.6 is 15.9 Å². The quantitative estimate of drug-likeness (QED) is 0.677. The highest BCUT2D eigenvalue weighted by Crippen LogP contribution is 2.28. The lowest BCUT2D eigenvalue weighted by molar-refractivity contribution is -0.127. The van der Waals surface area contributed by atoms with Crippen LogP contribution in [0, 0.1) is 0 Å². The van der Waals surface area contributed by atoms with E-state index in [1.807, 2.05) is 19.1 Å². The fourth-order valence-electron chi connectivity index (χ4n) is 2.93. The van der Waals surface area contributed by atoms with Crippen molar-refractivity contribution < 1.29 is 19.1 Å². The number of amides is 2. The molecule has 2 amide bonds. The maximum atomic E-state index is 12.9. The van der Waals surface area contributed by atoms with Gasteiger partial charge in [-0.25, -0.2) is 5.01 Å². The van der Waals surface area contributed by atoms with Crippen LogP contribution in [0.3, 0.4) is 0 Å². The van der Waals surface area contributed by atoms with Gasteiger partial charge in [0, 0.05) is 10.2 Å². The standard InChI is InChI=1S/C20H22BrN3O4/c1-3-4-18-22-17-10-5-13(21)11-16(17)20(26)24(18)23-19(25)12-28-15-8-6-14(27-2)7-9-15/h5-11,18,22H,3-4,12H2,1-2H3,(H,23,25). The molecular weight excluding hydrogens is 426 g/mol. The number of fused-ring (bicyclic) bond motifs is 1. The van der Waals surface area contributed by atoms with Crippen LogP contribution in [-0.4, -0.2) is 36.7 Å². The lowest BCUT2D eigenvalue weighted by atomic mass is 10.1. The summed E-state index contributed by atoms with van der Waals surface area (Å²) in [6.45, 7) is 1.82. The van der Waals surface area contributed by atoms with Gasteiger partial charge in [-0.3, -0.25) is 15.0 Å². The predicted octanol–water partition coefficient (Wildman–Crippen LogP) is 3.56. The monoisotopic (exact) mass is 447 g/mol. The van der Waals surface area contributed by atoms with E-state index in [0.717, 1.165) is 16.6 Å².